The lowest BCUT2D eigenvalue weighted by Gasteiger charge is -2.29. The Labute approximate surface area is 188 Å². The van der Waals surface area contributed by atoms with Gasteiger partial charge in [0.2, 0.25) is 11.8 Å². The Morgan fingerprint density at radius 3 is 2.61 bits per heavy atom. The van der Waals surface area contributed by atoms with Crippen molar-refractivity contribution in [3.05, 3.63) is 58.6 Å². The summed E-state index contributed by atoms with van der Waals surface area (Å²) in [4.78, 5) is 27.4. The summed E-state index contributed by atoms with van der Waals surface area (Å²) in [6.07, 6.45) is 1.65. The van der Waals surface area contributed by atoms with E-state index in [0.29, 0.717) is 37.0 Å². The first-order valence-corrected chi connectivity index (χ1v) is 11.1. The van der Waals surface area contributed by atoms with Gasteiger partial charge in [-0.2, -0.15) is 0 Å². The molecule has 6 nitrogen and oxygen atoms in total. The second-order valence-corrected chi connectivity index (χ2v) is 7.97. The Morgan fingerprint density at radius 2 is 1.87 bits per heavy atom. The second kappa shape index (κ2) is 11.0. The van der Waals surface area contributed by atoms with Gasteiger partial charge in [-0.3, -0.25) is 9.59 Å². The third-order valence-electron chi connectivity index (χ3n) is 5.25. The predicted octanol–water partition coefficient (Wildman–Crippen LogP) is 3.99. The monoisotopic (exact) mass is 444 g/mol. The standard InChI is InChI=1S/C24H29ClN2O4/c1-3-12-26-24(29)17(2)27(16-19-6-4-5-7-20(19)25)23(28)11-9-18-8-10-21-22(15-18)31-14-13-30-21/h4-8,10,15,17H,3,9,11-14,16H2,1-2H3,(H,26,29). The number of rotatable bonds is 9. The minimum Gasteiger partial charge on any atom is -0.486 e. The van der Waals surface area contributed by atoms with Crippen LogP contribution in [0, 0.1) is 0 Å². The van der Waals surface area contributed by atoms with Crippen molar-refractivity contribution in [1.29, 1.82) is 0 Å². The molecule has 1 heterocycles. The van der Waals surface area contributed by atoms with Crippen LogP contribution < -0.4 is 14.8 Å². The summed E-state index contributed by atoms with van der Waals surface area (Å²) in [7, 11) is 0. The highest BCUT2D eigenvalue weighted by Crippen LogP contribution is 2.31. The predicted molar refractivity (Wildman–Crippen MR) is 121 cm³/mol. The van der Waals surface area contributed by atoms with Crippen LogP contribution in [0.25, 0.3) is 0 Å². The third kappa shape index (κ3) is 6.14. The van der Waals surface area contributed by atoms with Crippen molar-refractivity contribution in [2.24, 2.45) is 0 Å². The molecule has 0 bridgehead atoms. The van der Waals surface area contributed by atoms with Crippen molar-refractivity contribution < 1.29 is 19.1 Å². The van der Waals surface area contributed by atoms with Crippen LogP contribution in [0.5, 0.6) is 11.5 Å². The van der Waals surface area contributed by atoms with Crippen molar-refractivity contribution in [2.45, 2.75) is 45.7 Å². The molecule has 0 aromatic heterocycles. The molecule has 2 aromatic carbocycles. The number of hydrogen-bond donors (Lipinski definition) is 1. The fourth-order valence-corrected chi connectivity index (χ4v) is 3.62. The van der Waals surface area contributed by atoms with Gasteiger partial charge >= 0.3 is 0 Å². The molecule has 2 amide bonds. The lowest BCUT2D eigenvalue weighted by atomic mass is 10.1. The topological polar surface area (TPSA) is 67.9 Å². The zero-order valence-corrected chi connectivity index (χ0v) is 18.8. The summed E-state index contributed by atoms with van der Waals surface area (Å²) >= 11 is 6.32. The maximum Gasteiger partial charge on any atom is 0.242 e. The highest BCUT2D eigenvalue weighted by Gasteiger charge is 2.26. The first kappa shape index (κ1) is 22.9. The zero-order chi connectivity index (χ0) is 22.2. The van der Waals surface area contributed by atoms with Gasteiger partial charge in [0.25, 0.3) is 0 Å². The summed E-state index contributed by atoms with van der Waals surface area (Å²) in [5.74, 6) is 1.16. The van der Waals surface area contributed by atoms with Crippen molar-refractivity contribution in [2.75, 3.05) is 19.8 Å². The van der Waals surface area contributed by atoms with E-state index in [0.717, 1.165) is 23.3 Å². The summed E-state index contributed by atoms with van der Waals surface area (Å²) in [5.41, 5.74) is 1.80. The van der Waals surface area contributed by atoms with Crippen molar-refractivity contribution in [1.82, 2.24) is 10.2 Å². The van der Waals surface area contributed by atoms with Crippen LogP contribution in [0.15, 0.2) is 42.5 Å². The van der Waals surface area contributed by atoms with Gasteiger partial charge in [0, 0.05) is 24.5 Å². The minimum absolute atomic E-state index is 0.103. The van der Waals surface area contributed by atoms with Crippen LogP contribution in [-0.2, 0) is 22.6 Å². The van der Waals surface area contributed by atoms with Crippen LogP contribution in [-0.4, -0.2) is 42.5 Å². The Balaban J connectivity index is 1.71. The molecule has 1 unspecified atom stereocenters. The largest absolute Gasteiger partial charge is 0.486 e. The Hall–Kier alpha value is -2.73. The summed E-state index contributed by atoms with van der Waals surface area (Å²) in [6.45, 7) is 5.66. The fourth-order valence-electron chi connectivity index (χ4n) is 3.43. The van der Waals surface area contributed by atoms with Gasteiger partial charge in [-0.1, -0.05) is 42.8 Å². The number of halogens is 1. The number of ether oxygens (including phenoxy) is 2. The third-order valence-corrected chi connectivity index (χ3v) is 5.62. The summed E-state index contributed by atoms with van der Waals surface area (Å²) < 4.78 is 11.2. The van der Waals surface area contributed by atoms with Crippen LogP contribution in [0.1, 0.15) is 37.8 Å². The number of fused-ring (bicyclic) bond motifs is 1. The molecule has 7 heteroatoms. The lowest BCUT2D eigenvalue weighted by Crippen LogP contribution is -2.47. The molecule has 0 radical (unpaired) electrons. The van der Waals surface area contributed by atoms with Crippen LogP contribution in [0.2, 0.25) is 5.02 Å². The van der Waals surface area contributed by atoms with Crippen LogP contribution >= 0.6 is 11.6 Å². The molecule has 1 aliphatic rings. The molecule has 1 aliphatic heterocycles. The first-order valence-electron chi connectivity index (χ1n) is 10.7. The van der Waals surface area contributed by atoms with Crippen molar-refractivity contribution >= 4 is 23.4 Å². The summed E-state index contributed by atoms with van der Waals surface area (Å²) in [5, 5.41) is 3.46. The van der Waals surface area contributed by atoms with E-state index in [1.165, 1.54) is 0 Å². The smallest absolute Gasteiger partial charge is 0.242 e. The number of hydrogen-bond acceptors (Lipinski definition) is 4. The number of nitrogens with zero attached hydrogens (tertiary/aromatic N) is 1. The van der Waals surface area contributed by atoms with Crippen LogP contribution in [0.3, 0.4) is 0 Å². The van der Waals surface area contributed by atoms with Gasteiger partial charge in [0.15, 0.2) is 11.5 Å². The number of aryl methyl sites for hydroxylation is 1. The number of amides is 2. The molecule has 166 valence electrons. The highest BCUT2D eigenvalue weighted by molar-refractivity contribution is 6.31. The quantitative estimate of drug-likeness (QED) is 0.635. The molecular formula is C24H29ClN2O4. The SMILES string of the molecule is CCCNC(=O)C(C)N(Cc1ccccc1Cl)C(=O)CCc1ccc2c(c1)OCCO2. The lowest BCUT2D eigenvalue weighted by molar-refractivity contribution is -0.140. The normalized spacial score (nSPS) is 13.4. The molecule has 1 N–H and O–H groups in total. The minimum atomic E-state index is -0.601. The van der Waals surface area contributed by atoms with E-state index in [1.54, 1.807) is 17.9 Å². The maximum atomic E-state index is 13.2. The Kier molecular flexibility index (Phi) is 8.18. The molecule has 0 saturated carbocycles. The fraction of sp³-hybridized carbons (Fsp3) is 0.417. The number of benzene rings is 2. The first-order chi connectivity index (χ1) is 15.0. The average Bonchev–Trinajstić information content (AvgIpc) is 2.79. The molecule has 0 fully saturated rings. The van der Waals surface area contributed by atoms with E-state index in [1.807, 2.05) is 43.3 Å². The zero-order valence-electron chi connectivity index (χ0n) is 18.0. The number of carbonyl (C=O) groups excluding carboxylic acids is 2. The van der Waals surface area contributed by atoms with Gasteiger partial charge in [0.05, 0.1) is 0 Å². The Morgan fingerprint density at radius 1 is 1.13 bits per heavy atom. The number of nitrogens with one attached hydrogen (secondary N) is 1. The number of carbonyl (C=O) groups is 2. The van der Waals surface area contributed by atoms with Gasteiger partial charge in [0.1, 0.15) is 19.3 Å². The van der Waals surface area contributed by atoms with Crippen molar-refractivity contribution in [3.8, 4) is 11.5 Å². The molecule has 0 spiro atoms. The Bertz CT molecular complexity index is 918. The van der Waals surface area contributed by atoms with Gasteiger partial charge in [-0.05, 0) is 49.1 Å². The molecule has 1 atom stereocenters. The van der Waals surface area contributed by atoms with E-state index < -0.39 is 6.04 Å². The van der Waals surface area contributed by atoms with E-state index in [2.05, 4.69) is 5.32 Å². The van der Waals surface area contributed by atoms with E-state index in [4.69, 9.17) is 21.1 Å². The molecule has 2 aromatic rings. The summed E-state index contributed by atoms with van der Waals surface area (Å²) in [6, 6.07) is 12.5. The maximum absolute atomic E-state index is 13.2. The average molecular weight is 445 g/mol. The molecule has 0 aliphatic carbocycles. The second-order valence-electron chi connectivity index (χ2n) is 7.56. The van der Waals surface area contributed by atoms with E-state index >= 15 is 0 Å². The highest BCUT2D eigenvalue weighted by atomic mass is 35.5. The molecule has 31 heavy (non-hydrogen) atoms. The van der Waals surface area contributed by atoms with E-state index in [-0.39, 0.29) is 24.8 Å². The molecule has 0 saturated heterocycles. The van der Waals surface area contributed by atoms with Crippen LogP contribution in [0.4, 0.5) is 0 Å². The van der Waals surface area contributed by atoms with Gasteiger partial charge in [-0.25, -0.2) is 0 Å². The van der Waals surface area contributed by atoms with Gasteiger partial charge in [-0.15, -0.1) is 0 Å². The van der Waals surface area contributed by atoms with Crippen molar-refractivity contribution in [3.63, 3.8) is 0 Å². The van der Waals surface area contributed by atoms with Gasteiger partial charge < -0.3 is 19.7 Å². The van der Waals surface area contributed by atoms with E-state index in [9.17, 15) is 9.59 Å². The molecular weight excluding hydrogens is 416 g/mol. The molecule has 3 rings (SSSR count).